The number of aromatic nitrogens is 2. The first-order valence-corrected chi connectivity index (χ1v) is 6.17. The molecule has 0 unspecified atom stereocenters. The number of nitrogens with one attached hydrogen (secondary N) is 2. The number of aromatic amines is 2. The van der Waals surface area contributed by atoms with Gasteiger partial charge in [-0.1, -0.05) is 0 Å². The molecule has 120 valence electrons. The molecule has 0 spiro atoms. The highest BCUT2D eigenvalue weighted by Gasteiger charge is 2.57. The lowest BCUT2D eigenvalue weighted by molar-refractivity contribution is -0.194. The molecule has 1 aromatic heterocycles. The van der Waals surface area contributed by atoms with Gasteiger partial charge in [0, 0.05) is 0 Å². The SMILES string of the molecule is O=CC=Nc1c(N2C[C@H](O)[C@]2(O)[C@H](O)CO)[nH]c(=O)[nH]c1=O. The first-order chi connectivity index (χ1) is 10.4. The van der Waals surface area contributed by atoms with E-state index in [2.05, 4.69) is 9.98 Å². The summed E-state index contributed by atoms with van der Waals surface area (Å²) in [4.78, 5) is 42.1. The summed E-state index contributed by atoms with van der Waals surface area (Å²) in [6.07, 6.45) is -2.14. The first-order valence-electron chi connectivity index (χ1n) is 6.17. The van der Waals surface area contributed by atoms with Gasteiger partial charge >= 0.3 is 5.69 Å². The molecule has 1 aliphatic rings. The van der Waals surface area contributed by atoms with Crippen LogP contribution >= 0.6 is 0 Å². The van der Waals surface area contributed by atoms with E-state index in [9.17, 15) is 29.7 Å². The number of hydrogen-bond acceptors (Lipinski definition) is 9. The van der Waals surface area contributed by atoms with Crippen LogP contribution in [0.5, 0.6) is 0 Å². The Balaban J connectivity index is 2.57. The minimum absolute atomic E-state index is 0.240. The van der Waals surface area contributed by atoms with Crippen LogP contribution in [0.4, 0.5) is 11.5 Å². The molecule has 0 radical (unpaired) electrons. The van der Waals surface area contributed by atoms with Crippen molar-refractivity contribution in [2.75, 3.05) is 18.1 Å². The second-order valence-electron chi connectivity index (χ2n) is 4.63. The Morgan fingerprint density at radius 3 is 2.68 bits per heavy atom. The van der Waals surface area contributed by atoms with Crippen LogP contribution in [0.1, 0.15) is 0 Å². The van der Waals surface area contributed by atoms with Crippen LogP contribution < -0.4 is 16.1 Å². The molecule has 3 atom stereocenters. The monoisotopic (exact) mass is 314 g/mol. The number of aliphatic hydroxyl groups excluding tert-OH is 3. The number of anilines is 1. The summed E-state index contributed by atoms with van der Waals surface area (Å²) in [7, 11) is 0. The van der Waals surface area contributed by atoms with Crippen LogP contribution in [0.3, 0.4) is 0 Å². The number of carbonyl (C=O) groups is 1. The molecule has 1 aliphatic heterocycles. The van der Waals surface area contributed by atoms with E-state index in [-0.39, 0.29) is 12.4 Å². The molecule has 11 nitrogen and oxygen atoms in total. The minimum atomic E-state index is -2.31. The number of aliphatic hydroxyl groups is 4. The molecule has 1 fully saturated rings. The van der Waals surface area contributed by atoms with Crippen molar-refractivity contribution in [1.82, 2.24) is 9.97 Å². The van der Waals surface area contributed by atoms with Crippen LogP contribution in [-0.2, 0) is 4.79 Å². The Morgan fingerprint density at radius 2 is 2.14 bits per heavy atom. The van der Waals surface area contributed by atoms with Gasteiger partial charge in [-0.3, -0.25) is 19.6 Å². The molecule has 1 saturated heterocycles. The van der Waals surface area contributed by atoms with Crippen LogP contribution in [0.2, 0.25) is 0 Å². The van der Waals surface area contributed by atoms with Crippen molar-refractivity contribution in [2.24, 2.45) is 4.99 Å². The van der Waals surface area contributed by atoms with Gasteiger partial charge in [-0.2, -0.15) is 0 Å². The quantitative estimate of drug-likeness (QED) is 0.236. The maximum atomic E-state index is 11.8. The van der Waals surface area contributed by atoms with Gasteiger partial charge < -0.3 is 25.3 Å². The average molecular weight is 314 g/mol. The molecule has 0 amide bonds. The third kappa shape index (κ3) is 2.35. The Morgan fingerprint density at radius 1 is 1.45 bits per heavy atom. The van der Waals surface area contributed by atoms with Crippen LogP contribution in [0.15, 0.2) is 14.6 Å². The van der Waals surface area contributed by atoms with Gasteiger partial charge in [-0.15, -0.1) is 0 Å². The van der Waals surface area contributed by atoms with E-state index >= 15 is 0 Å². The van der Waals surface area contributed by atoms with E-state index in [0.717, 1.165) is 11.1 Å². The highest BCUT2D eigenvalue weighted by atomic mass is 16.4. The first kappa shape index (κ1) is 16.0. The third-order valence-corrected chi connectivity index (χ3v) is 3.37. The van der Waals surface area contributed by atoms with Crippen LogP contribution in [0.25, 0.3) is 0 Å². The fraction of sp³-hybridized carbons (Fsp3) is 0.455. The Hall–Kier alpha value is -2.34. The third-order valence-electron chi connectivity index (χ3n) is 3.37. The zero-order valence-electron chi connectivity index (χ0n) is 11.1. The number of hydrogen-bond donors (Lipinski definition) is 6. The predicted molar refractivity (Wildman–Crippen MR) is 73.3 cm³/mol. The lowest BCUT2D eigenvalue weighted by atomic mass is 9.88. The predicted octanol–water partition coefficient (Wildman–Crippen LogP) is -3.81. The number of aliphatic imine (C=N–C) groups is 1. The van der Waals surface area contributed by atoms with Gasteiger partial charge in [0.25, 0.3) is 5.56 Å². The van der Waals surface area contributed by atoms with Gasteiger partial charge in [-0.25, -0.2) is 9.79 Å². The number of nitrogens with zero attached hydrogens (tertiary/aromatic N) is 2. The molecule has 0 bridgehead atoms. The summed E-state index contributed by atoms with van der Waals surface area (Å²) in [6, 6.07) is 0. The van der Waals surface area contributed by atoms with Gasteiger partial charge in [-0.05, 0) is 0 Å². The van der Waals surface area contributed by atoms with Crippen molar-refractivity contribution >= 4 is 24.0 Å². The molecular weight excluding hydrogens is 300 g/mol. The van der Waals surface area contributed by atoms with Crippen molar-refractivity contribution in [3.8, 4) is 0 Å². The topological polar surface area (TPSA) is 179 Å². The van der Waals surface area contributed by atoms with Crippen LogP contribution in [0, 0.1) is 0 Å². The number of rotatable bonds is 5. The second kappa shape index (κ2) is 5.81. The van der Waals surface area contributed by atoms with Crippen molar-refractivity contribution < 1.29 is 25.2 Å². The van der Waals surface area contributed by atoms with E-state index in [0.29, 0.717) is 6.29 Å². The van der Waals surface area contributed by atoms with E-state index in [1.807, 2.05) is 4.98 Å². The standard InChI is InChI=1S/C11H14N4O7/c16-2-1-12-7-8(13-10(21)14-9(7)20)15-3-5(18)11(15,22)6(19)4-17/h1-2,5-6,17-19,22H,3-4H2,(H2,13,14,20,21)/t5-,6+,11-/m0/s1. The largest absolute Gasteiger partial charge is 0.393 e. The second-order valence-corrected chi connectivity index (χ2v) is 4.63. The summed E-state index contributed by atoms with van der Waals surface area (Å²) >= 11 is 0. The average Bonchev–Trinajstić information content (AvgIpc) is 2.49. The Labute approximate surface area is 122 Å². The number of carbonyl (C=O) groups excluding carboxylic acids is 1. The summed E-state index contributed by atoms with van der Waals surface area (Å²) in [5.74, 6) is -0.299. The number of H-pyrrole nitrogens is 2. The fourth-order valence-electron chi connectivity index (χ4n) is 2.22. The minimum Gasteiger partial charge on any atom is -0.393 e. The zero-order valence-corrected chi connectivity index (χ0v) is 11.1. The van der Waals surface area contributed by atoms with Gasteiger partial charge in [0.15, 0.2) is 17.7 Å². The smallest absolute Gasteiger partial charge is 0.327 e. The highest BCUT2D eigenvalue weighted by Crippen LogP contribution is 2.38. The summed E-state index contributed by atoms with van der Waals surface area (Å²) in [6.45, 7) is -1.11. The molecule has 0 aliphatic carbocycles. The normalized spacial score (nSPS) is 26.0. The van der Waals surface area contributed by atoms with Crippen LogP contribution in [-0.4, -0.2) is 74.0 Å². The van der Waals surface area contributed by atoms with E-state index in [1.54, 1.807) is 0 Å². The number of β-amino-alcohol motifs (C(OH)–C–C–N with tert-alkyl or cyclic N) is 1. The Kier molecular flexibility index (Phi) is 4.23. The maximum absolute atomic E-state index is 11.8. The van der Waals surface area contributed by atoms with Gasteiger partial charge in [0.2, 0.25) is 0 Å². The molecule has 0 saturated carbocycles. The molecule has 22 heavy (non-hydrogen) atoms. The van der Waals surface area contributed by atoms with E-state index in [1.165, 1.54) is 0 Å². The van der Waals surface area contributed by atoms with E-state index in [4.69, 9.17) is 5.11 Å². The summed E-state index contributed by atoms with van der Waals surface area (Å²) in [5.41, 5.74) is -4.55. The lowest BCUT2D eigenvalue weighted by Crippen LogP contribution is -2.77. The van der Waals surface area contributed by atoms with Crippen molar-refractivity contribution in [1.29, 1.82) is 0 Å². The Bertz CT molecular complexity index is 711. The van der Waals surface area contributed by atoms with Crippen molar-refractivity contribution in [3.05, 3.63) is 20.8 Å². The zero-order chi connectivity index (χ0) is 16.5. The molecule has 6 N–H and O–H groups in total. The van der Waals surface area contributed by atoms with E-state index < -0.39 is 41.5 Å². The summed E-state index contributed by atoms with van der Waals surface area (Å²) < 4.78 is 0. The maximum Gasteiger partial charge on any atom is 0.327 e. The number of aldehydes is 1. The molecule has 2 rings (SSSR count). The lowest BCUT2D eigenvalue weighted by Gasteiger charge is -2.55. The summed E-state index contributed by atoms with van der Waals surface area (Å²) in [5, 5.41) is 38.6. The van der Waals surface area contributed by atoms with Crippen molar-refractivity contribution in [3.63, 3.8) is 0 Å². The molecular formula is C11H14N4O7. The highest BCUT2D eigenvalue weighted by molar-refractivity contribution is 6.13. The fourth-order valence-corrected chi connectivity index (χ4v) is 2.22. The van der Waals surface area contributed by atoms with Gasteiger partial charge in [0.05, 0.1) is 19.4 Å². The van der Waals surface area contributed by atoms with Gasteiger partial charge in [0.1, 0.15) is 18.0 Å². The molecule has 11 heteroatoms. The molecule has 0 aromatic carbocycles. The van der Waals surface area contributed by atoms with Crippen molar-refractivity contribution in [2.45, 2.75) is 17.9 Å². The molecule has 2 heterocycles. The molecule has 1 aromatic rings.